The zero-order valence-corrected chi connectivity index (χ0v) is 12.1. The summed E-state index contributed by atoms with van der Waals surface area (Å²) in [4.78, 5) is 25.8. The number of carboxylic acids is 1. The lowest BCUT2D eigenvalue weighted by atomic mass is 10.2. The third-order valence-corrected chi connectivity index (χ3v) is 2.21. The van der Waals surface area contributed by atoms with Crippen LogP contribution in [0.25, 0.3) is 0 Å². The molecule has 0 aromatic carbocycles. The minimum atomic E-state index is -1.37. The lowest BCUT2D eigenvalue weighted by molar-refractivity contribution is 0.0529. The van der Waals surface area contributed by atoms with Gasteiger partial charge >= 0.3 is 12.1 Å². The number of hydrogen-bond donors (Lipinski definition) is 3. The van der Waals surface area contributed by atoms with E-state index >= 15 is 0 Å². The zero-order chi connectivity index (χ0) is 16.0. The molecule has 0 spiro atoms. The molecular formula is C13H18FN3O4. The van der Waals surface area contributed by atoms with Gasteiger partial charge in [0.25, 0.3) is 0 Å². The molecule has 0 aliphatic rings. The average Bonchev–Trinajstić information content (AvgIpc) is 2.33. The van der Waals surface area contributed by atoms with Crippen LogP contribution >= 0.6 is 0 Å². The fourth-order valence-electron chi connectivity index (χ4n) is 1.39. The number of ether oxygens (including phenoxy) is 1. The number of amides is 1. The highest BCUT2D eigenvalue weighted by atomic mass is 19.1. The zero-order valence-electron chi connectivity index (χ0n) is 12.1. The standard InChI is InChI=1S/C13H18FN3O4/c1-13(2,3)21-12(20)17-7-6-16-10-9(14)8(11(18)19)4-5-15-10/h4-5H,6-7H2,1-3H3,(H,15,16)(H,17,20)(H,18,19). The number of pyridine rings is 1. The maximum absolute atomic E-state index is 13.7. The molecule has 1 aromatic rings. The Morgan fingerprint density at radius 1 is 1.38 bits per heavy atom. The molecule has 7 nitrogen and oxygen atoms in total. The monoisotopic (exact) mass is 299 g/mol. The maximum Gasteiger partial charge on any atom is 0.407 e. The number of halogens is 1. The van der Waals surface area contributed by atoms with Gasteiger partial charge in [-0.05, 0) is 26.8 Å². The number of aromatic nitrogens is 1. The minimum absolute atomic E-state index is 0.173. The van der Waals surface area contributed by atoms with Crippen molar-refractivity contribution in [2.24, 2.45) is 0 Å². The fraction of sp³-hybridized carbons (Fsp3) is 0.462. The summed E-state index contributed by atoms with van der Waals surface area (Å²) in [6.45, 7) is 5.56. The molecule has 21 heavy (non-hydrogen) atoms. The summed E-state index contributed by atoms with van der Waals surface area (Å²) in [5.74, 6) is -2.49. The van der Waals surface area contributed by atoms with E-state index in [1.54, 1.807) is 20.8 Å². The van der Waals surface area contributed by atoms with Gasteiger partial charge in [0.2, 0.25) is 0 Å². The van der Waals surface area contributed by atoms with E-state index in [0.717, 1.165) is 6.07 Å². The number of carbonyl (C=O) groups excluding carboxylic acids is 1. The molecule has 0 saturated carbocycles. The van der Waals surface area contributed by atoms with Crippen LogP contribution in [0.1, 0.15) is 31.1 Å². The van der Waals surface area contributed by atoms with Crippen LogP contribution in [-0.4, -0.2) is 40.8 Å². The van der Waals surface area contributed by atoms with Crippen molar-refractivity contribution in [3.63, 3.8) is 0 Å². The van der Waals surface area contributed by atoms with Gasteiger partial charge in [-0.3, -0.25) is 0 Å². The van der Waals surface area contributed by atoms with Crippen molar-refractivity contribution in [1.29, 1.82) is 0 Å². The van der Waals surface area contributed by atoms with Gasteiger partial charge < -0.3 is 20.5 Å². The quantitative estimate of drug-likeness (QED) is 0.717. The second-order valence-corrected chi connectivity index (χ2v) is 5.18. The molecule has 1 rings (SSSR count). The summed E-state index contributed by atoms with van der Waals surface area (Å²) < 4.78 is 18.7. The summed E-state index contributed by atoms with van der Waals surface area (Å²) in [7, 11) is 0. The van der Waals surface area contributed by atoms with Crippen LogP contribution in [0.2, 0.25) is 0 Å². The molecular weight excluding hydrogens is 281 g/mol. The average molecular weight is 299 g/mol. The smallest absolute Gasteiger partial charge is 0.407 e. The summed E-state index contributed by atoms with van der Waals surface area (Å²) in [5.41, 5.74) is -1.06. The van der Waals surface area contributed by atoms with Crippen LogP contribution in [0, 0.1) is 5.82 Å². The number of nitrogens with one attached hydrogen (secondary N) is 2. The number of carbonyl (C=O) groups is 2. The van der Waals surface area contributed by atoms with Crippen molar-refractivity contribution in [3.05, 3.63) is 23.6 Å². The lowest BCUT2D eigenvalue weighted by Gasteiger charge is -2.19. The van der Waals surface area contributed by atoms with E-state index in [-0.39, 0.29) is 18.9 Å². The summed E-state index contributed by atoms with van der Waals surface area (Å²) in [6, 6.07) is 1.07. The molecule has 8 heteroatoms. The molecule has 0 unspecified atom stereocenters. The second kappa shape index (κ2) is 6.87. The SMILES string of the molecule is CC(C)(C)OC(=O)NCCNc1nccc(C(=O)O)c1F. The van der Waals surface area contributed by atoms with Gasteiger partial charge in [-0.25, -0.2) is 19.0 Å². The molecule has 0 aliphatic heterocycles. The second-order valence-electron chi connectivity index (χ2n) is 5.18. The molecule has 0 bridgehead atoms. The number of aromatic carboxylic acids is 1. The van der Waals surface area contributed by atoms with E-state index in [0.29, 0.717) is 0 Å². The number of hydrogen-bond acceptors (Lipinski definition) is 5. The Kier molecular flexibility index (Phi) is 5.45. The van der Waals surface area contributed by atoms with Gasteiger partial charge in [0.1, 0.15) is 11.2 Å². The van der Waals surface area contributed by atoms with Crippen molar-refractivity contribution in [2.45, 2.75) is 26.4 Å². The molecule has 1 amide bonds. The molecule has 0 saturated heterocycles. The molecule has 0 fully saturated rings. The van der Waals surface area contributed by atoms with E-state index in [9.17, 15) is 14.0 Å². The predicted molar refractivity (Wildman–Crippen MR) is 73.9 cm³/mol. The molecule has 1 heterocycles. The van der Waals surface area contributed by atoms with Crippen molar-refractivity contribution in [3.8, 4) is 0 Å². The van der Waals surface area contributed by atoms with Crippen molar-refractivity contribution in [1.82, 2.24) is 10.3 Å². The Morgan fingerprint density at radius 3 is 2.62 bits per heavy atom. The lowest BCUT2D eigenvalue weighted by Crippen LogP contribution is -2.35. The number of carboxylic acid groups (broad SMARTS) is 1. The maximum atomic E-state index is 13.7. The van der Waals surface area contributed by atoms with Gasteiger partial charge in [0.05, 0.1) is 0 Å². The number of alkyl carbamates (subject to hydrolysis) is 1. The number of anilines is 1. The third kappa shape index (κ3) is 5.64. The minimum Gasteiger partial charge on any atom is -0.478 e. The van der Waals surface area contributed by atoms with Crippen molar-refractivity contribution < 1.29 is 23.8 Å². The third-order valence-electron chi connectivity index (χ3n) is 2.21. The highest BCUT2D eigenvalue weighted by Gasteiger charge is 2.16. The fourth-order valence-corrected chi connectivity index (χ4v) is 1.39. The Labute approximate surface area is 121 Å². The summed E-state index contributed by atoms with van der Waals surface area (Å²) >= 11 is 0. The van der Waals surface area contributed by atoms with Crippen LogP contribution in [-0.2, 0) is 4.74 Å². The van der Waals surface area contributed by atoms with Crippen LogP contribution in [0.3, 0.4) is 0 Å². The Hall–Kier alpha value is -2.38. The number of rotatable bonds is 5. The molecule has 1 aromatic heterocycles. The van der Waals surface area contributed by atoms with E-state index in [2.05, 4.69) is 15.6 Å². The highest BCUT2D eigenvalue weighted by molar-refractivity contribution is 5.88. The van der Waals surface area contributed by atoms with Crippen LogP contribution in [0.5, 0.6) is 0 Å². The van der Waals surface area contributed by atoms with E-state index in [1.807, 2.05) is 0 Å². The van der Waals surface area contributed by atoms with Crippen LogP contribution < -0.4 is 10.6 Å². The predicted octanol–water partition coefficient (Wildman–Crippen LogP) is 1.86. The van der Waals surface area contributed by atoms with Gasteiger partial charge in [-0.2, -0.15) is 0 Å². The first kappa shape index (κ1) is 16.7. The van der Waals surface area contributed by atoms with Gasteiger partial charge in [-0.1, -0.05) is 0 Å². The first-order valence-electron chi connectivity index (χ1n) is 6.29. The Balaban J connectivity index is 2.45. The molecule has 0 radical (unpaired) electrons. The molecule has 0 atom stereocenters. The van der Waals surface area contributed by atoms with Crippen LogP contribution in [0.4, 0.5) is 15.0 Å². The Bertz CT molecular complexity index is 529. The van der Waals surface area contributed by atoms with E-state index < -0.39 is 29.0 Å². The molecule has 0 aliphatic carbocycles. The van der Waals surface area contributed by atoms with Crippen molar-refractivity contribution in [2.75, 3.05) is 18.4 Å². The Morgan fingerprint density at radius 2 is 2.05 bits per heavy atom. The highest BCUT2D eigenvalue weighted by Crippen LogP contribution is 2.14. The van der Waals surface area contributed by atoms with Gasteiger partial charge in [0.15, 0.2) is 11.6 Å². The number of nitrogens with zero attached hydrogens (tertiary/aromatic N) is 1. The van der Waals surface area contributed by atoms with Gasteiger partial charge in [-0.15, -0.1) is 0 Å². The summed E-state index contributed by atoms with van der Waals surface area (Å²) in [6.07, 6.45) is 0.605. The molecule has 3 N–H and O–H groups in total. The van der Waals surface area contributed by atoms with Gasteiger partial charge in [0, 0.05) is 19.3 Å². The van der Waals surface area contributed by atoms with Crippen LogP contribution in [0.15, 0.2) is 12.3 Å². The van der Waals surface area contributed by atoms with E-state index in [4.69, 9.17) is 9.84 Å². The molecule has 116 valence electrons. The first-order chi connectivity index (χ1) is 9.70. The van der Waals surface area contributed by atoms with Crippen molar-refractivity contribution >= 4 is 17.9 Å². The first-order valence-corrected chi connectivity index (χ1v) is 6.29. The normalized spacial score (nSPS) is 10.9. The topological polar surface area (TPSA) is 101 Å². The summed E-state index contributed by atoms with van der Waals surface area (Å²) in [5, 5.41) is 13.9. The largest absolute Gasteiger partial charge is 0.478 e. The van der Waals surface area contributed by atoms with E-state index in [1.165, 1.54) is 6.20 Å².